The number of nitrogens with one attached hydrogen (secondary N) is 1. The Kier molecular flexibility index (Phi) is 7.75. The Morgan fingerprint density at radius 1 is 1.32 bits per heavy atom. The summed E-state index contributed by atoms with van der Waals surface area (Å²) in [6, 6.07) is 8.59. The van der Waals surface area contributed by atoms with Crippen LogP contribution in [0.1, 0.15) is 32.3 Å². The molecule has 19 heavy (non-hydrogen) atoms. The second kappa shape index (κ2) is 9.10. The van der Waals surface area contributed by atoms with Gasteiger partial charge >= 0.3 is 0 Å². The molecule has 0 amide bonds. The molecule has 0 spiro atoms. The minimum absolute atomic E-state index is 0.389. The van der Waals surface area contributed by atoms with Gasteiger partial charge in [0.1, 0.15) is 5.75 Å². The van der Waals surface area contributed by atoms with Crippen LogP contribution in [0.25, 0.3) is 0 Å². The predicted octanol–water partition coefficient (Wildman–Crippen LogP) is 2.72. The fraction of sp³-hybridized carbons (Fsp3) is 0.600. The predicted molar refractivity (Wildman–Crippen MR) is 82.1 cm³/mol. The fourth-order valence-corrected chi connectivity index (χ4v) is 2.35. The largest absolute Gasteiger partial charge is 0.494 e. The molecule has 1 aromatic carbocycles. The molecule has 0 fully saturated rings. The van der Waals surface area contributed by atoms with Crippen molar-refractivity contribution in [1.29, 1.82) is 0 Å². The van der Waals surface area contributed by atoms with Gasteiger partial charge in [-0.15, -0.1) is 0 Å². The first-order valence-electron chi connectivity index (χ1n) is 6.87. The summed E-state index contributed by atoms with van der Waals surface area (Å²) in [5, 5.41) is 3.44. The average molecular weight is 283 g/mol. The summed E-state index contributed by atoms with van der Waals surface area (Å²) >= 11 is 0. The van der Waals surface area contributed by atoms with Gasteiger partial charge in [0.2, 0.25) is 0 Å². The number of rotatable bonds is 9. The Balaban J connectivity index is 2.30. The van der Waals surface area contributed by atoms with Crippen LogP contribution in [0.5, 0.6) is 5.75 Å². The third-order valence-corrected chi connectivity index (χ3v) is 3.70. The van der Waals surface area contributed by atoms with Crippen molar-refractivity contribution in [2.75, 3.05) is 18.6 Å². The van der Waals surface area contributed by atoms with E-state index < -0.39 is 10.8 Å². The second-order valence-electron chi connectivity index (χ2n) is 4.84. The minimum atomic E-state index is -0.697. The quantitative estimate of drug-likeness (QED) is 0.757. The first-order valence-corrected chi connectivity index (χ1v) is 8.59. The van der Waals surface area contributed by atoms with E-state index >= 15 is 0 Å². The van der Waals surface area contributed by atoms with E-state index in [1.807, 2.05) is 12.1 Å². The summed E-state index contributed by atoms with van der Waals surface area (Å²) in [6.45, 7) is 5.84. The molecular weight excluding hydrogens is 258 g/mol. The molecule has 0 aliphatic carbocycles. The first kappa shape index (κ1) is 16.2. The highest BCUT2D eigenvalue weighted by Gasteiger charge is 2.03. The molecule has 1 rings (SSSR count). The molecule has 1 N–H and O–H groups in total. The van der Waals surface area contributed by atoms with Crippen LogP contribution >= 0.6 is 0 Å². The summed E-state index contributed by atoms with van der Waals surface area (Å²) in [6.07, 6.45) is 3.72. The molecule has 0 aromatic heterocycles. The lowest BCUT2D eigenvalue weighted by atomic mass is 10.2. The zero-order valence-electron chi connectivity index (χ0n) is 12.1. The molecule has 2 atom stereocenters. The summed E-state index contributed by atoms with van der Waals surface area (Å²) in [5.41, 5.74) is 1.24. The summed E-state index contributed by atoms with van der Waals surface area (Å²) in [7, 11) is -0.697. The van der Waals surface area contributed by atoms with Gasteiger partial charge in [-0.05, 0) is 37.5 Å². The van der Waals surface area contributed by atoms with E-state index in [2.05, 4.69) is 31.3 Å². The van der Waals surface area contributed by atoms with Crippen LogP contribution < -0.4 is 10.1 Å². The van der Waals surface area contributed by atoms with Gasteiger partial charge in [0, 0.05) is 35.4 Å². The molecule has 3 nitrogen and oxygen atoms in total. The van der Waals surface area contributed by atoms with E-state index in [-0.39, 0.29) is 0 Å². The van der Waals surface area contributed by atoms with Gasteiger partial charge in [-0.3, -0.25) is 4.21 Å². The Hall–Kier alpha value is -0.870. The molecule has 0 saturated heterocycles. The smallest absolute Gasteiger partial charge is 0.119 e. The molecular formula is C15H25NO2S. The number of hydrogen-bond donors (Lipinski definition) is 1. The van der Waals surface area contributed by atoms with Crippen molar-refractivity contribution >= 4 is 10.8 Å². The molecule has 0 heterocycles. The maximum atomic E-state index is 11.0. The molecule has 108 valence electrons. The Morgan fingerprint density at radius 3 is 2.58 bits per heavy atom. The van der Waals surface area contributed by atoms with E-state index in [9.17, 15) is 4.21 Å². The van der Waals surface area contributed by atoms with Crippen LogP contribution in [0.2, 0.25) is 0 Å². The highest BCUT2D eigenvalue weighted by Crippen LogP contribution is 2.12. The third-order valence-electron chi connectivity index (χ3n) is 2.89. The average Bonchev–Trinajstić information content (AvgIpc) is 2.41. The van der Waals surface area contributed by atoms with Gasteiger partial charge in [-0.2, -0.15) is 0 Å². The topological polar surface area (TPSA) is 38.3 Å². The van der Waals surface area contributed by atoms with Crippen LogP contribution in [0.3, 0.4) is 0 Å². The maximum Gasteiger partial charge on any atom is 0.119 e. The fourth-order valence-electron chi connectivity index (χ4n) is 1.66. The van der Waals surface area contributed by atoms with Crippen molar-refractivity contribution in [2.24, 2.45) is 0 Å². The van der Waals surface area contributed by atoms with E-state index in [4.69, 9.17) is 4.74 Å². The molecule has 0 aliphatic heterocycles. The molecule has 0 radical (unpaired) electrons. The van der Waals surface area contributed by atoms with Gasteiger partial charge in [0.05, 0.1) is 6.61 Å². The molecule has 1 aromatic rings. The van der Waals surface area contributed by atoms with Crippen molar-refractivity contribution in [3.05, 3.63) is 29.8 Å². The van der Waals surface area contributed by atoms with Crippen molar-refractivity contribution in [2.45, 2.75) is 39.3 Å². The Morgan fingerprint density at radius 2 is 2.00 bits per heavy atom. The van der Waals surface area contributed by atoms with Crippen molar-refractivity contribution in [3.63, 3.8) is 0 Å². The lowest BCUT2D eigenvalue weighted by Gasteiger charge is -2.13. The van der Waals surface area contributed by atoms with Crippen molar-refractivity contribution < 1.29 is 8.95 Å². The third kappa shape index (κ3) is 7.33. The zero-order chi connectivity index (χ0) is 14.1. The lowest BCUT2D eigenvalue weighted by Crippen LogP contribution is -2.26. The Labute approximate surface area is 119 Å². The van der Waals surface area contributed by atoms with Crippen LogP contribution in [-0.2, 0) is 17.3 Å². The second-order valence-corrected chi connectivity index (χ2v) is 6.39. The van der Waals surface area contributed by atoms with Crippen molar-refractivity contribution in [3.8, 4) is 5.75 Å². The van der Waals surface area contributed by atoms with Crippen LogP contribution in [-0.4, -0.2) is 28.9 Å². The van der Waals surface area contributed by atoms with Crippen molar-refractivity contribution in [1.82, 2.24) is 5.32 Å². The molecule has 0 aliphatic rings. The van der Waals surface area contributed by atoms with E-state index in [0.717, 1.165) is 37.5 Å². The number of benzene rings is 1. The minimum Gasteiger partial charge on any atom is -0.494 e. The van der Waals surface area contributed by atoms with E-state index in [1.54, 1.807) is 6.26 Å². The highest BCUT2D eigenvalue weighted by atomic mass is 32.2. The van der Waals surface area contributed by atoms with E-state index in [0.29, 0.717) is 6.04 Å². The summed E-state index contributed by atoms with van der Waals surface area (Å²) in [5.74, 6) is 1.69. The number of hydrogen-bond acceptors (Lipinski definition) is 3. The van der Waals surface area contributed by atoms with Gasteiger partial charge in [0.15, 0.2) is 0 Å². The SMILES string of the molecule is CCCOc1ccc(CNC(C)CCS(C)=O)cc1. The van der Waals surface area contributed by atoms with Gasteiger partial charge in [0.25, 0.3) is 0 Å². The Bertz CT molecular complexity index is 378. The number of ether oxygens (including phenoxy) is 1. The standard InChI is InChI=1S/C15H25NO2S/c1-4-10-18-15-7-5-14(6-8-15)12-16-13(2)9-11-19(3)17/h5-8,13,16H,4,9-12H2,1-3H3. The van der Waals surface area contributed by atoms with Gasteiger partial charge in [-0.1, -0.05) is 19.1 Å². The highest BCUT2D eigenvalue weighted by molar-refractivity contribution is 7.84. The summed E-state index contributed by atoms with van der Waals surface area (Å²) in [4.78, 5) is 0. The molecule has 0 saturated carbocycles. The molecule has 2 unspecified atom stereocenters. The van der Waals surface area contributed by atoms with Gasteiger partial charge < -0.3 is 10.1 Å². The van der Waals surface area contributed by atoms with Crippen LogP contribution in [0.15, 0.2) is 24.3 Å². The first-order chi connectivity index (χ1) is 9.11. The van der Waals surface area contributed by atoms with Gasteiger partial charge in [-0.25, -0.2) is 0 Å². The lowest BCUT2D eigenvalue weighted by molar-refractivity contribution is 0.317. The monoisotopic (exact) mass is 283 g/mol. The maximum absolute atomic E-state index is 11.0. The zero-order valence-corrected chi connectivity index (χ0v) is 13.0. The molecule has 0 bridgehead atoms. The van der Waals surface area contributed by atoms with Crippen LogP contribution in [0, 0.1) is 0 Å². The van der Waals surface area contributed by atoms with Crippen LogP contribution in [0.4, 0.5) is 0 Å². The summed E-state index contributed by atoms with van der Waals surface area (Å²) < 4.78 is 16.6. The van der Waals surface area contributed by atoms with E-state index in [1.165, 1.54) is 5.56 Å². The normalized spacial score (nSPS) is 14.1. The molecule has 4 heteroatoms.